The van der Waals surface area contributed by atoms with Gasteiger partial charge in [-0.05, 0) is 0 Å². The van der Waals surface area contributed by atoms with E-state index >= 15 is 0 Å². The molecule has 0 saturated carbocycles. The molecule has 0 amide bonds. The second-order valence-electron chi connectivity index (χ2n) is 4.80. The maximum absolute atomic E-state index is 13.1. The van der Waals surface area contributed by atoms with Gasteiger partial charge < -0.3 is 0 Å². The van der Waals surface area contributed by atoms with Crippen LogP contribution >= 0.6 is 0 Å². The van der Waals surface area contributed by atoms with Crippen LogP contribution in [0.2, 0.25) is 0 Å². The molecule has 0 saturated heterocycles. The molecule has 0 spiro atoms. The van der Waals surface area contributed by atoms with Crippen molar-refractivity contribution in [1.82, 2.24) is 0 Å². The molecule has 0 rings (SSSR count). The molecule has 0 aliphatic heterocycles. The number of sulfone groups is 3. The van der Waals surface area contributed by atoms with E-state index in [0.717, 1.165) is 0 Å². The van der Waals surface area contributed by atoms with Crippen molar-refractivity contribution in [3.05, 3.63) is 3.91 Å². The third kappa shape index (κ3) is 4.13. The predicted octanol–water partition coefficient (Wildman–Crippen LogP) is 3.14. The molecule has 0 N–H and O–H groups in total. The summed E-state index contributed by atoms with van der Waals surface area (Å²) in [4.78, 5) is 0. The standard InChI is InChI=1S/C7F15O6S3/c8-2(9,10)5(17,18)29(23,24)1(30(25,26)6(19,20)3(11,12)13)31(27,28)7(21,22)4(14,15)16. The summed E-state index contributed by atoms with van der Waals surface area (Å²) >= 11 is 0. The third-order valence-electron chi connectivity index (χ3n) is 2.66. The monoisotopic (exact) mass is 561 g/mol. The molecule has 0 aliphatic rings. The van der Waals surface area contributed by atoms with Crippen molar-refractivity contribution < 1.29 is 91.1 Å². The van der Waals surface area contributed by atoms with E-state index in [4.69, 9.17) is 0 Å². The van der Waals surface area contributed by atoms with Crippen LogP contribution in [0.5, 0.6) is 0 Å². The molecule has 0 bridgehead atoms. The summed E-state index contributed by atoms with van der Waals surface area (Å²) < 4.78 is 249. The summed E-state index contributed by atoms with van der Waals surface area (Å²) in [6, 6.07) is 0. The molecule has 0 unspecified atom stereocenters. The maximum atomic E-state index is 13.1. The Bertz CT molecular complexity index is 877. The first-order chi connectivity index (χ1) is 12.9. The Morgan fingerprint density at radius 2 is 0.484 bits per heavy atom. The van der Waals surface area contributed by atoms with Crippen LogP contribution in [-0.2, 0) is 29.5 Å². The van der Waals surface area contributed by atoms with Crippen LogP contribution in [-0.4, -0.2) is 59.5 Å². The minimum Gasteiger partial charge on any atom is -0.219 e. The molecule has 0 aromatic carbocycles. The Morgan fingerprint density at radius 1 is 0.355 bits per heavy atom. The number of hydrogen-bond acceptors (Lipinski definition) is 6. The van der Waals surface area contributed by atoms with Crippen LogP contribution in [0.1, 0.15) is 0 Å². The van der Waals surface area contributed by atoms with Crippen molar-refractivity contribution in [2.75, 3.05) is 0 Å². The lowest BCUT2D eigenvalue weighted by molar-refractivity contribution is -0.242. The predicted molar refractivity (Wildman–Crippen MR) is 63.0 cm³/mol. The average Bonchev–Trinajstić information content (AvgIpc) is 2.41. The SMILES string of the molecule is O=S(=O)([C](S(=O)(=O)C(F)(F)C(F)(F)F)S(=O)(=O)C(F)(F)C(F)(F)F)C(F)(F)C(F)(F)F. The molecule has 0 aliphatic carbocycles. The van der Waals surface area contributed by atoms with Gasteiger partial charge >= 0.3 is 38.2 Å². The van der Waals surface area contributed by atoms with Gasteiger partial charge in [0.25, 0.3) is 29.5 Å². The van der Waals surface area contributed by atoms with Gasteiger partial charge in [-0.1, -0.05) is 0 Å². The van der Waals surface area contributed by atoms with Crippen molar-refractivity contribution >= 4 is 29.5 Å². The van der Waals surface area contributed by atoms with E-state index in [-0.39, 0.29) is 0 Å². The van der Waals surface area contributed by atoms with Gasteiger partial charge in [-0.2, -0.15) is 65.9 Å². The Labute approximate surface area is 159 Å². The van der Waals surface area contributed by atoms with E-state index in [1.807, 2.05) is 0 Å². The largest absolute Gasteiger partial charge is 0.469 e. The van der Waals surface area contributed by atoms with Crippen molar-refractivity contribution in [2.45, 2.75) is 34.3 Å². The lowest BCUT2D eigenvalue weighted by atomic mass is 10.7. The van der Waals surface area contributed by atoms with E-state index in [0.29, 0.717) is 0 Å². The zero-order valence-corrected chi connectivity index (χ0v) is 15.3. The van der Waals surface area contributed by atoms with Gasteiger partial charge in [0.2, 0.25) is 0 Å². The molecule has 0 atom stereocenters. The highest BCUT2D eigenvalue weighted by Gasteiger charge is 2.84. The van der Waals surface area contributed by atoms with Gasteiger partial charge in [0.15, 0.2) is 0 Å². The van der Waals surface area contributed by atoms with E-state index in [2.05, 4.69) is 0 Å². The normalized spacial score (nSPS) is 16.6. The average molecular weight is 561 g/mol. The first kappa shape index (κ1) is 29.8. The number of rotatable bonds is 6. The Kier molecular flexibility index (Phi) is 6.87. The second kappa shape index (κ2) is 7.15. The van der Waals surface area contributed by atoms with Crippen LogP contribution in [0.25, 0.3) is 0 Å². The minimum absolute atomic E-state index is 5.76. The van der Waals surface area contributed by atoms with Crippen LogP contribution < -0.4 is 0 Å². The molecule has 0 aromatic rings. The van der Waals surface area contributed by atoms with Crippen molar-refractivity contribution in [3.63, 3.8) is 0 Å². The van der Waals surface area contributed by atoms with Gasteiger partial charge in [-0.25, -0.2) is 25.3 Å². The number of alkyl halides is 15. The molecule has 24 heteroatoms. The number of hydrogen-bond donors (Lipinski definition) is 0. The minimum atomic E-state index is -9.24. The molecule has 187 valence electrons. The molecular weight excluding hydrogens is 561 g/mol. The fourth-order valence-corrected chi connectivity index (χ4v) is 8.10. The summed E-state index contributed by atoms with van der Waals surface area (Å²) in [5.74, 6) is 0. The molecule has 31 heavy (non-hydrogen) atoms. The van der Waals surface area contributed by atoms with E-state index in [1.54, 1.807) is 0 Å². The molecule has 1 radical (unpaired) electrons. The van der Waals surface area contributed by atoms with Gasteiger partial charge in [-0.3, -0.25) is 0 Å². The Hall–Kier alpha value is -1.20. The Morgan fingerprint density at radius 3 is 0.581 bits per heavy atom. The molecular formula is C7F15O6S3. The van der Waals surface area contributed by atoms with Crippen LogP contribution in [0.4, 0.5) is 65.9 Å². The lowest BCUT2D eigenvalue weighted by Gasteiger charge is -2.30. The summed E-state index contributed by atoms with van der Waals surface area (Å²) in [5, 5.41) is -24.2. The van der Waals surface area contributed by atoms with Gasteiger partial charge in [0.05, 0.1) is 0 Å². The maximum Gasteiger partial charge on any atom is 0.469 e. The molecule has 0 heterocycles. The summed E-state index contributed by atoms with van der Waals surface area (Å²) in [6.07, 6.45) is -23.4. The first-order valence-corrected chi connectivity index (χ1v) is 10.3. The van der Waals surface area contributed by atoms with Crippen molar-refractivity contribution in [2.24, 2.45) is 0 Å². The fraction of sp³-hybridized carbons (Fsp3) is 0.857. The van der Waals surface area contributed by atoms with Crippen molar-refractivity contribution in [3.8, 4) is 0 Å². The van der Waals surface area contributed by atoms with E-state index in [1.165, 1.54) is 0 Å². The van der Waals surface area contributed by atoms with Crippen LogP contribution in [0, 0.1) is 3.91 Å². The highest BCUT2D eigenvalue weighted by molar-refractivity contribution is 8.29. The molecule has 0 fully saturated rings. The van der Waals surface area contributed by atoms with E-state index < -0.39 is 67.7 Å². The summed E-state index contributed by atoms with van der Waals surface area (Å²) in [5.41, 5.74) is 0. The highest BCUT2D eigenvalue weighted by atomic mass is 32.3. The van der Waals surface area contributed by atoms with Gasteiger partial charge in [0.1, 0.15) is 0 Å². The second-order valence-corrected chi connectivity index (χ2v) is 11.4. The lowest BCUT2D eigenvalue weighted by Crippen LogP contribution is -2.58. The fourth-order valence-electron chi connectivity index (χ4n) is 1.20. The van der Waals surface area contributed by atoms with E-state index in [9.17, 15) is 91.1 Å². The zero-order valence-electron chi connectivity index (χ0n) is 12.8. The van der Waals surface area contributed by atoms with Crippen LogP contribution in [0.15, 0.2) is 0 Å². The first-order valence-electron chi connectivity index (χ1n) is 5.81. The van der Waals surface area contributed by atoms with Gasteiger partial charge in [-0.15, -0.1) is 0 Å². The molecule has 6 nitrogen and oxygen atoms in total. The Balaban J connectivity index is 7.83. The topological polar surface area (TPSA) is 102 Å². The number of halogens is 15. The molecule has 0 aromatic heterocycles. The smallest absolute Gasteiger partial charge is 0.219 e. The highest BCUT2D eigenvalue weighted by Crippen LogP contribution is 2.55. The van der Waals surface area contributed by atoms with Crippen LogP contribution in [0.3, 0.4) is 0 Å². The summed E-state index contributed by atoms with van der Waals surface area (Å²) in [6.45, 7) is 0. The third-order valence-corrected chi connectivity index (χ3v) is 10.6. The zero-order chi connectivity index (χ0) is 26.1. The summed E-state index contributed by atoms with van der Waals surface area (Å²) in [7, 11) is -27.7. The van der Waals surface area contributed by atoms with Crippen molar-refractivity contribution in [1.29, 1.82) is 0 Å². The van der Waals surface area contributed by atoms with Gasteiger partial charge in [0, 0.05) is 0 Å². The quantitative estimate of drug-likeness (QED) is 0.462.